The van der Waals surface area contributed by atoms with Crippen molar-refractivity contribution in [2.24, 2.45) is 5.84 Å². The van der Waals surface area contributed by atoms with Gasteiger partial charge in [0.15, 0.2) is 0 Å². The summed E-state index contributed by atoms with van der Waals surface area (Å²) in [5.41, 5.74) is 2.64. The number of benzene rings is 3. The van der Waals surface area contributed by atoms with Crippen LogP contribution in [0.5, 0.6) is 11.5 Å². The minimum absolute atomic E-state index is 0.466. The molecule has 0 amide bonds. The second-order valence-electron chi connectivity index (χ2n) is 5.76. The molecule has 1 aromatic heterocycles. The molecule has 3 N–H and O–H groups in total. The van der Waals surface area contributed by atoms with E-state index in [0.717, 1.165) is 22.3 Å². The summed E-state index contributed by atoms with van der Waals surface area (Å²) in [6.07, 6.45) is 1.87. The molecule has 0 unspecified atom stereocenters. The number of hydrogen-bond acceptors (Lipinski definition) is 3. The fourth-order valence-electron chi connectivity index (χ4n) is 2.75. The number of ether oxygens (including phenoxy) is 1. The molecule has 3 aromatic carbocycles. The van der Waals surface area contributed by atoms with Crippen LogP contribution in [0.3, 0.4) is 0 Å². The summed E-state index contributed by atoms with van der Waals surface area (Å²) in [5.74, 6) is 7.52. The van der Waals surface area contributed by atoms with Crippen LogP contribution >= 0.6 is 23.2 Å². The van der Waals surface area contributed by atoms with Crippen molar-refractivity contribution in [1.29, 1.82) is 0 Å². The van der Waals surface area contributed by atoms with Crippen LogP contribution < -0.4 is 15.6 Å². The Morgan fingerprint density at radius 3 is 2.46 bits per heavy atom. The Kier molecular flexibility index (Phi) is 4.47. The number of nitrogens with two attached hydrogens (primary N) is 1. The smallest absolute Gasteiger partial charge is 0.146 e. The van der Waals surface area contributed by atoms with E-state index in [4.69, 9.17) is 33.8 Å². The third kappa shape index (κ3) is 3.22. The molecule has 0 spiro atoms. The summed E-state index contributed by atoms with van der Waals surface area (Å²) in [7, 11) is 0. The minimum atomic E-state index is 0.466. The van der Waals surface area contributed by atoms with Crippen molar-refractivity contribution in [1.82, 2.24) is 4.98 Å². The Balaban J connectivity index is 1.61. The predicted octanol–water partition coefficient (Wildman–Crippen LogP) is 6.28. The number of nitrogens with one attached hydrogen (secondary N) is 1. The van der Waals surface area contributed by atoms with Gasteiger partial charge >= 0.3 is 0 Å². The van der Waals surface area contributed by atoms with Crippen molar-refractivity contribution in [2.45, 2.75) is 0 Å². The maximum atomic E-state index is 6.39. The largest absolute Gasteiger partial charge is 0.456 e. The lowest BCUT2D eigenvalue weighted by molar-refractivity contribution is 0.483. The molecule has 1 heterocycles. The lowest BCUT2D eigenvalue weighted by Crippen LogP contribution is -2.24. The zero-order valence-electron chi connectivity index (χ0n) is 13.6. The zero-order valence-corrected chi connectivity index (χ0v) is 15.1. The van der Waals surface area contributed by atoms with Gasteiger partial charge < -0.3 is 9.72 Å². The number of aromatic nitrogens is 1. The molecule has 0 bridgehead atoms. The summed E-state index contributed by atoms with van der Waals surface area (Å²) in [5, 5.41) is 3.74. The molecule has 26 heavy (non-hydrogen) atoms. The Bertz CT molecular complexity index is 1060. The number of halogens is 2. The lowest BCUT2D eigenvalue weighted by atomic mass is 10.2. The summed E-state index contributed by atoms with van der Waals surface area (Å²) in [6, 6.07) is 20.5. The van der Waals surface area contributed by atoms with Gasteiger partial charge in [-0.2, -0.15) is 0 Å². The Morgan fingerprint density at radius 1 is 0.923 bits per heavy atom. The molecule has 130 valence electrons. The number of nitrogens with zero attached hydrogens (tertiary/aromatic N) is 1. The van der Waals surface area contributed by atoms with E-state index in [-0.39, 0.29) is 0 Å². The quantitative estimate of drug-likeness (QED) is 0.322. The molecule has 0 saturated carbocycles. The van der Waals surface area contributed by atoms with Gasteiger partial charge in [0.05, 0.1) is 16.4 Å². The first-order valence-electron chi connectivity index (χ1n) is 7.96. The number of hydrazine groups is 1. The third-order valence-electron chi connectivity index (χ3n) is 4.06. The maximum absolute atomic E-state index is 6.39. The van der Waals surface area contributed by atoms with Crippen LogP contribution in [0.1, 0.15) is 0 Å². The maximum Gasteiger partial charge on any atom is 0.146 e. The second kappa shape index (κ2) is 6.92. The average molecular weight is 384 g/mol. The number of aromatic amines is 1. The van der Waals surface area contributed by atoms with Gasteiger partial charge in [-0.3, -0.25) is 5.01 Å². The SMILES string of the molecule is NN(c1ccc(Oc2ccc(Cl)cc2)c(Cl)c1)c1c[nH]c2ccccc12. The van der Waals surface area contributed by atoms with Gasteiger partial charge in [0.2, 0.25) is 0 Å². The van der Waals surface area contributed by atoms with E-state index in [1.54, 1.807) is 41.4 Å². The highest BCUT2D eigenvalue weighted by Crippen LogP contribution is 2.36. The highest BCUT2D eigenvalue weighted by atomic mass is 35.5. The van der Waals surface area contributed by atoms with Crippen LogP contribution in [0, 0.1) is 0 Å². The molecule has 4 nitrogen and oxygen atoms in total. The van der Waals surface area contributed by atoms with Gasteiger partial charge in [-0.05, 0) is 48.5 Å². The van der Waals surface area contributed by atoms with E-state index >= 15 is 0 Å². The van der Waals surface area contributed by atoms with Crippen molar-refractivity contribution < 1.29 is 4.74 Å². The molecular formula is C20H15Cl2N3O. The molecular weight excluding hydrogens is 369 g/mol. The predicted molar refractivity (Wildman–Crippen MR) is 108 cm³/mol. The molecule has 6 heteroatoms. The van der Waals surface area contributed by atoms with Crippen molar-refractivity contribution in [3.05, 3.63) is 83.0 Å². The number of para-hydroxylation sites is 1. The summed E-state index contributed by atoms with van der Waals surface area (Å²) >= 11 is 12.3. The first-order chi connectivity index (χ1) is 12.6. The molecule has 0 aliphatic heterocycles. The molecule has 4 aromatic rings. The lowest BCUT2D eigenvalue weighted by Gasteiger charge is -2.19. The highest BCUT2D eigenvalue weighted by Gasteiger charge is 2.13. The minimum Gasteiger partial charge on any atom is -0.456 e. The van der Waals surface area contributed by atoms with Crippen LogP contribution in [0.4, 0.5) is 11.4 Å². The van der Waals surface area contributed by atoms with Crippen LogP contribution in [0.2, 0.25) is 10.0 Å². The van der Waals surface area contributed by atoms with Crippen molar-refractivity contribution in [3.8, 4) is 11.5 Å². The second-order valence-corrected chi connectivity index (χ2v) is 6.60. The molecule has 0 fully saturated rings. The number of H-pyrrole nitrogens is 1. The molecule has 0 aliphatic carbocycles. The molecule has 0 saturated heterocycles. The first-order valence-corrected chi connectivity index (χ1v) is 8.71. The molecule has 0 atom stereocenters. The fourth-order valence-corrected chi connectivity index (χ4v) is 3.09. The van der Waals surface area contributed by atoms with Gasteiger partial charge in [-0.15, -0.1) is 0 Å². The molecule has 4 rings (SSSR count). The van der Waals surface area contributed by atoms with E-state index in [0.29, 0.717) is 21.5 Å². The highest BCUT2D eigenvalue weighted by molar-refractivity contribution is 6.32. The summed E-state index contributed by atoms with van der Waals surface area (Å²) in [4.78, 5) is 3.21. The van der Waals surface area contributed by atoms with Crippen molar-refractivity contribution in [3.63, 3.8) is 0 Å². The molecule has 0 radical (unpaired) electrons. The number of anilines is 2. The Hall–Kier alpha value is -2.66. The topological polar surface area (TPSA) is 54.3 Å². The molecule has 0 aliphatic rings. The normalized spacial score (nSPS) is 10.9. The Morgan fingerprint density at radius 2 is 1.69 bits per heavy atom. The zero-order chi connectivity index (χ0) is 18.1. The Labute approximate surface area is 160 Å². The van der Waals surface area contributed by atoms with Crippen molar-refractivity contribution >= 4 is 45.5 Å². The van der Waals surface area contributed by atoms with E-state index < -0.39 is 0 Å². The van der Waals surface area contributed by atoms with Gasteiger partial charge in [0, 0.05) is 22.1 Å². The van der Waals surface area contributed by atoms with Gasteiger partial charge in [-0.25, -0.2) is 5.84 Å². The average Bonchev–Trinajstić information content (AvgIpc) is 3.08. The van der Waals surface area contributed by atoms with Gasteiger partial charge in [0.25, 0.3) is 0 Å². The van der Waals surface area contributed by atoms with Crippen LogP contribution in [0.15, 0.2) is 72.9 Å². The number of fused-ring (bicyclic) bond motifs is 1. The van der Waals surface area contributed by atoms with Crippen LogP contribution in [-0.2, 0) is 0 Å². The third-order valence-corrected chi connectivity index (χ3v) is 4.61. The van der Waals surface area contributed by atoms with E-state index in [9.17, 15) is 0 Å². The summed E-state index contributed by atoms with van der Waals surface area (Å²) < 4.78 is 5.80. The van der Waals surface area contributed by atoms with E-state index in [2.05, 4.69) is 4.98 Å². The number of hydrogen-bond donors (Lipinski definition) is 2. The monoisotopic (exact) mass is 383 g/mol. The van der Waals surface area contributed by atoms with E-state index in [1.165, 1.54) is 0 Å². The van der Waals surface area contributed by atoms with E-state index in [1.807, 2.05) is 36.5 Å². The summed E-state index contributed by atoms with van der Waals surface area (Å²) in [6.45, 7) is 0. The van der Waals surface area contributed by atoms with Gasteiger partial charge in [0.1, 0.15) is 11.5 Å². The first kappa shape index (κ1) is 16.8. The van der Waals surface area contributed by atoms with Gasteiger partial charge in [-0.1, -0.05) is 41.4 Å². The van der Waals surface area contributed by atoms with Crippen molar-refractivity contribution in [2.75, 3.05) is 5.01 Å². The number of rotatable bonds is 4. The fraction of sp³-hybridized carbons (Fsp3) is 0. The standard InChI is InChI=1S/C20H15Cl2N3O/c21-13-5-8-15(9-6-13)26-20-10-7-14(11-17(20)22)25(23)19-12-24-18-4-2-1-3-16(18)19/h1-12,24H,23H2. The van der Waals surface area contributed by atoms with Crippen LogP contribution in [0.25, 0.3) is 10.9 Å². The van der Waals surface area contributed by atoms with Crippen LogP contribution in [-0.4, -0.2) is 4.98 Å².